The molecule has 7 heteroatoms. The van der Waals surface area contributed by atoms with Gasteiger partial charge in [-0.15, -0.1) is 0 Å². The van der Waals surface area contributed by atoms with Gasteiger partial charge in [-0.1, -0.05) is 5.16 Å². The van der Waals surface area contributed by atoms with Crippen molar-refractivity contribution in [1.29, 1.82) is 0 Å². The summed E-state index contributed by atoms with van der Waals surface area (Å²) in [7, 11) is 4.07. The average Bonchev–Trinajstić information content (AvgIpc) is 2.90. The molecule has 0 atom stereocenters. The van der Waals surface area contributed by atoms with Crippen molar-refractivity contribution in [3.05, 3.63) is 11.8 Å². The van der Waals surface area contributed by atoms with Crippen molar-refractivity contribution in [1.82, 2.24) is 20.3 Å². The average molecular weight is 295 g/mol. The third-order valence-corrected chi connectivity index (χ3v) is 3.56. The molecule has 1 aromatic heterocycles. The Bertz CT molecular complexity index is 452. The van der Waals surface area contributed by atoms with Gasteiger partial charge in [-0.3, -0.25) is 0 Å². The minimum absolute atomic E-state index is 0.0322. The number of anilines is 1. The standard InChI is InChI=1S/C14H25N5O2/c1-12-11-13(16-21-12)18-7-9-19(10-8-18)14(20)15-5-4-6-17(2)3/h11H,4-10H2,1-3H3,(H,15,20). The summed E-state index contributed by atoms with van der Waals surface area (Å²) >= 11 is 0. The maximum Gasteiger partial charge on any atom is 0.317 e. The number of aryl methyl sites for hydroxylation is 1. The maximum atomic E-state index is 12.0. The van der Waals surface area contributed by atoms with Crippen LogP contribution in [-0.2, 0) is 0 Å². The number of nitrogens with zero attached hydrogens (tertiary/aromatic N) is 4. The molecule has 2 heterocycles. The molecule has 2 rings (SSSR count). The summed E-state index contributed by atoms with van der Waals surface area (Å²) in [6, 6.07) is 1.96. The topological polar surface area (TPSA) is 64.8 Å². The van der Waals surface area contributed by atoms with Crippen LogP contribution in [0.4, 0.5) is 10.6 Å². The summed E-state index contributed by atoms with van der Waals surface area (Å²) in [5.74, 6) is 1.67. The molecule has 1 saturated heterocycles. The van der Waals surface area contributed by atoms with Crippen LogP contribution >= 0.6 is 0 Å². The van der Waals surface area contributed by atoms with Crippen LogP contribution in [0.15, 0.2) is 10.6 Å². The molecular formula is C14H25N5O2. The summed E-state index contributed by atoms with van der Waals surface area (Å²) in [6.45, 7) is 6.60. The lowest BCUT2D eigenvalue weighted by molar-refractivity contribution is 0.193. The number of piperazine rings is 1. The van der Waals surface area contributed by atoms with E-state index in [0.717, 1.165) is 44.2 Å². The lowest BCUT2D eigenvalue weighted by Gasteiger charge is -2.34. The van der Waals surface area contributed by atoms with Crippen LogP contribution in [0.25, 0.3) is 0 Å². The van der Waals surface area contributed by atoms with E-state index in [1.54, 1.807) is 0 Å². The molecule has 0 aromatic carbocycles. The lowest BCUT2D eigenvalue weighted by atomic mass is 10.3. The van der Waals surface area contributed by atoms with Gasteiger partial charge in [0.15, 0.2) is 5.82 Å². The van der Waals surface area contributed by atoms with Crippen molar-refractivity contribution < 1.29 is 9.32 Å². The molecule has 21 heavy (non-hydrogen) atoms. The molecule has 1 aliphatic rings. The van der Waals surface area contributed by atoms with Gasteiger partial charge in [0.2, 0.25) is 0 Å². The fourth-order valence-corrected chi connectivity index (χ4v) is 2.34. The largest absolute Gasteiger partial charge is 0.360 e. The number of rotatable bonds is 5. The zero-order valence-corrected chi connectivity index (χ0v) is 13.1. The lowest BCUT2D eigenvalue weighted by Crippen LogP contribution is -2.52. The first kappa shape index (κ1) is 15.6. The van der Waals surface area contributed by atoms with Crippen LogP contribution in [0.5, 0.6) is 0 Å². The molecule has 0 bridgehead atoms. The summed E-state index contributed by atoms with van der Waals surface area (Å²) in [5, 5.41) is 6.99. The fraction of sp³-hybridized carbons (Fsp3) is 0.714. The van der Waals surface area contributed by atoms with Gasteiger partial charge in [0, 0.05) is 38.8 Å². The van der Waals surface area contributed by atoms with Crippen LogP contribution in [-0.4, -0.2) is 74.4 Å². The van der Waals surface area contributed by atoms with Crippen LogP contribution in [0, 0.1) is 6.92 Å². The van der Waals surface area contributed by atoms with Gasteiger partial charge in [0.1, 0.15) is 5.76 Å². The zero-order chi connectivity index (χ0) is 15.2. The van der Waals surface area contributed by atoms with E-state index in [4.69, 9.17) is 4.52 Å². The van der Waals surface area contributed by atoms with E-state index in [2.05, 4.69) is 20.3 Å². The molecule has 0 unspecified atom stereocenters. The van der Waals surface area contributed by atoms with Gasteiger partial charge in [-0.25, -0.2) is 4.79 Å². The SMILES string of the molecule is Cc1cc(N2CCN(C(=O)NCCCN(C)C)CC2)no1. The van der Waals surface area contributed by atoms with E-state index in [-0.39, 0.29) is 6.03 Å². The summed E-state index contributed by atoms with van der Waals surface area (Å²) in [5.41, 5.74) is 0. The highest BCUT2D eigenvalue weighted by molar-refractivity contribution is 5.74. The molecule has 0 saturated carbocycles. The Morgan fingerprint density at radius 2 is 2.10 bits per heavy atom. The number of hydrogen-bond donors (Lipinski definition) is 1. The smallest absolute Gasteiger partial charge is 0.317 e. The van der Waals surface area contributed by atoms with E-state index in [1.807, 2.05) is 32.0 Å². The molecule has 1 fully saturated rings. The fourth-order valence-electron chi connectivity index (χ4n) is 2.34. The third-order valence-electron chi connectivity index (χ3n) is 3.56. The van der Waals surface area contributed by atoms with E-state index >= 15 is 0 Å². The van der Waals surface area contributed by atoms with E-state index in [1.165, 1.54) is 0 Å². The Hall–Kier alpha value is -1.76. The van der Waals surface area contributed by atoms with Crippen molar-refractivity contribution in [2.75, 3.05) is 58.3 Å². The molecule has 0 aliphatic carbocycles. The zero-order valence-electron chi connectivity index (χ0n) is 13.1. The van der Waals surface area contributed by atoms with Crippen LogP contribution in [0.1, 0.15) is 12.2 Å². The highest BCUT2D eigenvalue weighted by atomic mass is 16.5. The second kappa shape index (κ2) is 7.31. The highest BCUT2D eigenvalue weighted by Crippen LogP contribution is 2.15. The first-order chi connectivity index (χ1) is 10.1. The van der Waals surface area contributed by atoms with E-state index < -0.39 is 0 Å². The number of nitrogens with one attached hydrogen (secondary N) is 1. The monoisotopic (exact) mass is 295 g/mol. The third kappa shape index (κ3) is 4.63. The van der Waals surface area contributed by atoms with Crippen LogP contribution < -0.4 is 10.2 Å². The summed E-state index contributed by atoms with van der Waals surface area (Å²) in [4.78, 5) is 18.2. The van der Waals surface area contributed by atoms with Gasteiger partial charge in [-0.05, 0) is 34.0 Å². The second-order valence-electron chi connectivity index (χ2n) is 5.66. The Labute approximate surface area is 125 Å². The second-order valence-corrected chi connectivity index (χ2v) is 5.66. The van der Waals surface area contributed by atoms with Gasteiger partial charge in [0.25, 0.3) is 0 Å². The number of hydrogen-bond acceptors (Lipinski definition) is 5. The molecule has 0 radical (unpaired) electrons. The summed E-state index contributed by atoms with van der Waals surface area (Å²) < 4.78 is 5.09. The Balaban J connectivity index is 1.69. The molecule has 118 valence electrons. The van der Waals surface area contributed by atoms with E-state index in [9.17, 15) is 4.79 Å². The number of aromatic nitrogens is 1. The molecule has 2 amide bonds. The predicted octanol–water partition coefficient (Wildman–Crippen LogP) is 0.766. The van der Waals surface area contributed by atoms with Crippen molar-refractivity contribution in [3.8, 4) is 0 Å². The molecule has 7 nitrogen and oxygen atoms in total. The molecule has 1 aromatic rings. The normalized spacial score (nSPS) is 15.6. The number of urea groups is 1. The predicted molar refractivity (Wildman–Crippen MR) is 81.6 cm³/mol. The Kier molecular flexibility index (Phi) is 5.44. The molecular weight excluding hydrogens is 270 g/mol. The van der Waals surface area contributed by atoms with Gasteiger partial charge >= 0.3 is 6.03 Å². The first-order valence-electron chi connectivity index (χ1n) is 7.42. The molecule has 1 aliphatic heterocycles. The van der Waals surface area contributed by atoms with Gasteiger partial charge < -0.3 is 24.5 Å². The maximum absolute atomic E-state index is 12.0. The van der Waals surface area contributed by atoms with Gasteiger partial charge in [-0.2, -0.15) is 0 Å². The van der Waals surface area contributed by atoms with Crippen molar-refractivity contribution >= 4 is 11.8 Å². The van der Waals surface area contributed by atoms with Crippen LogP contribution in [0.3, 0.4) is 0 Å². The van der Waals surface area contributed by atoms with Crippen molar-refractivity contribution in [2.45, 2.75) is 13.3 Å². The number of amides is 2. The molecule has 0 spiro atoms. The number of carbonyl (C=O) groups excluding carboxylic acids is 1. The minimum atomic E-state index is 0.0322. The van der Waals surface area contributed by atoms with Crippen LogP contribution in [0.2, 0.25) is 0 Å². The number of carbonyl (C=O) groups is 1. The first-order valence-corrected chi connectivity index (χ1v) is 7.42. The summed E-state index contributed by atoms with van der Waals surface area (Å²) in [6.07, 6.45) is 0.969. The van der Waals surface area contributed by atoms with E-state index in [0.29, 0.717) is 13.1 Å². The van der Waals surface area contributed by atoms with Gasteiger partial charge in [0.05, 0.1) is 0 Å². The Morgan fingerprint density at radius 3 is 2.67 bits per heavy atom. The minimum Gasteiger partial charge on any atom is -0.360 e. The van der Waals surface area contributed by atoms with Crippen molar-refractivity contribution in [3.63, 3.8) is 0 Å². The Morgan fingerprint density at radius 1 is 1.38 bits per heavy atom. The quantitative estimate of drug-likeness (QED) is 0.813. The molecule has 1 N–H and O–H groups in total. The highest BCUT2D eigenvalue weighted by Gasteiger charge is 2.22. The van der Waals surface area contributed by atoms with Crippen molar-refractivity contribution in [2.24, 2.45) is 0 Å².